The third-order valence-corrected chi connectivity index (χ3v) is 11.5. The number of carbonyl (C=O) groups is 6. The van der Waals surface area contributed by atoms with Gasteiger partial charge >= 0.3 is 17.9 Å². The van der Waals surface area contributed by atoms with E-state index in [0.29, 0.717) is 11.6 Å². The standard InChI is InChI=1S/C28H30N4O2.C18H21N3O5.C8H6O4.2CH4/c1-3-20(2)26-30-27(34-32-26)24(29)19-25(33)31-28(21-13-7-4-8-14-21,22-15-9-5-10-16-22)23-17-11-6-12-18-23;1-4-10(2)15-20-17(26-21-15)14(8-11(3)22)19-16(23)12-6-5-7-13(9-12)18(24)25;9-7(10)5-2-1-3-6(4-5)8(11)12;;/h4-18,20,24H,3,19,29H2,1-2H3,(H,31,33);5-7,9-10,14H,4,8H2,1-3H3,(H,19,23)(H,24,25);1-4H,(H,9,10)(H,11,12);2*1H4/t20-,24-;10-,14-;;;/m00.../s1. The molecule has 0 saturated carbocycles. The second-order valence-electron chi connectivity index (χ2n) is 16.8. The van der Waals surface area contributed by atoms with E-state index in [9.17, 15) is 28.8 Å². The van der Waals surface area contributed by atoms with Crippen LogP contribution in [-0.2, 0) is 15.1 Å². The van der Waals surface area contributed by atoms with Gasteiger partial charge in [-0.25, -0.2) is 14.4 Å². The highest BCUT2D eigenvalue weighted by Crippen LogP contribution is 2.37. The third-order valence-electron chi connectivity index (χ3n) is 11.5. The molecule has 0 aliphatic heterocycles. The van der Waals surface area contributed by atoms with Gasteiger partial charge in [0.25, 0.3) is 5.91 Å². The van der Waals surface area contributed by atoms with E-state index in [-0.39, 0.29) is 85.3 Å². The molecular weight excluding hydrogens is 947 g/mol. The Morgan fingerprint density at radius 3 is 1.34 bits per heavy atom. The summed E-state index contributed by atoms with van der Waals surface area (Å²) in [5.41, 5.74) is 8.41. The quantitative estimate of drug-likeness (QED) is 0.0411. The van der Waals surface area contributed by atoms with Gasteiger partial charge in [-0.2, -0.15) is 9.97 Å². The van der Waals surface area contributed by atoms with Crippen molar-refractivity contribution in [2.45, 2.75) is 105 Å². The molecule has 18 nitrogen and oxygen atoms in total. The van der Waals surface area contributed by atoms with Gasteiger partial charge in [0.05, 0.1) is 29.2 Å². The van der Waals surface area contributed by atoms with Crippen molar-refractivity contribution in [2.75, 3.05) is 0 Å². The Hall–Kier alpha value is -8.64. The number of hydrogen-bond acceptors (Lipinski definition) is 13. The minimum atomic E-state index is -1.13. The molecule has 0 aliphatic carbocycles. The Kier molecular flexibility index (Phi) is 22.9. The fourth-order valence-electron chi connectivity index (χ4n) is 7.19. The number of aromatic nitrogens is 4. The van der Waals surface area contributed by atoms with Gasteiger partial charge in [-0.15, -0.1) is 0 Å². The molecule has 0 radical (unpaired) electrons. The van der Waals surface area contributed by atoms with Crippen LogP contribution in [0.4, 0.5) is 0 Å². The number of hydrogen-bond donors (Lipinski definition) is 6. The summed E-state index contributed by atoms with van der Waals surface area (Å²) in [7, 11) is 0. The lowest BCUT2D eigenvalue weighted by molar-refractivity contribution is -0.123. The number of aromatic carboxylic acids is 3. The molecule has 7 N–H and O–H groups in total. The van der Waals surface area contributed by atoms with Crippen LogP contribution in [0.25, 0.3) is 0 Å². The van der Waals surface area contributed by atoms with Crippen LogP contribution < -0.4 is 16.4 Å². The van der Waals surface area contributed by atoms with Gasteiger partial charge in [-0.05, 0) is 72.9 Å². The lowest BCUT2D eigenvalue weighted by Crippen LogP contribution is -2.48. The summed E-state index contributed by atoms with van der Waals surface area (Å²) < 4.78 is 10.6. The first-order valence-electron chi connectivity index (χ1n) is 23.1. The Morgan fingerprint density at radius 1 is 0.568 bits per heavy atom. The van der Waals surface area contributed by atoms with E-state index >= 15 is 0 Å². The number of amides is 2. The van der Waals surface area contributed by atoms with Crippen molar-refractivity contribution < 1.29 is 53.1 Å². The van der Waals surface area contributed by atoms with Crippen LogP contribution in [0, 0.1) is 0 Å². The van der Waals surface area contributed by atoms with E-state index in [1.165, 1.54) is 49.4 Å². The lowest BCUT2D eigenvalue weighted by atomic mass is 9.77. The molecular formula is C56H65N7O11. The Bertz CT molecular complexity index is 2800. The van der Waals surface area contributed by atoms with Gasteiger partial charge < -0.3 is 40.7 Å². The van der Waals surface area contributed by atoms with Crippen molar-refractivity contribution in [3.05, 3.63) is 202 Å². The molecule has 2 heterocycles. The molecule has 5 aromatic carbocycles. The number of nitrogens with one attached hydrogen (secondary N) is 2. The van der Waals surface area contributed by atoms with E-state index in [4.69, 9.17) is 30.1 Å². The van der Waals surface area contributed by atoms with Crippen LogP contribution in [0.3, 0.4) is 0 Å². The highest BCUT2D eigenvalue weighted by Gasteiger charge is 2.38. The summed E-state index contributed by atoms with van der Waals surface area (Å²) in [6.07, 6.45) is 1.72. The van der Waals surface area contributed by atoms with Crippen molar-refractivity contribution in [3.63, 3.8) is 0 Å². The average molecular weight is 1010 g/mol. The van der Waals surface area contributed by atoms with Gasteiger partial charge in [0.1, 0.15) is 17.4 Å². The normalized spacial score (nSPS) is 12.2. The topological polar surface area (TPSA) is 291 Å². The Balaban J connectivity index is 0.000000319. The van der Waals surface area contributed by atoms with Crippen molar-refractivity contribution in [1.82, 2.24) is 30.9 Å². The smallest absolute Gasteiger partial charge is 0.335 e. The number of carboxylic acids is 3. The largest absolute Gasteiger partial charge is 0.478 e. The highest BCUT2D eigenvalue weighted by molar-refractivity contribution is 5.98. The van der Waals surface area contributed by atoms with E-state index in [0.717, 1.165) is 35.6 Å². The molecule has 0 bridgehead atoms. The van der Waals surface area contributed by atoms with Gasteiger partial charge in [0.15, 0.2) is 11.6 Å². The SMILES string of the molecule is C.C.CC[C@H](C)c1noc([C@@H](N)CC(=O)NC(c2ccccc2)(c2ccccc2)c2ccccc2)n1.CC[C@H](C)c1noc([C@H](CC(C)=O)NC(=O)c2cccc(C(=O)O)c2)n1.O=C(O)c1cccc(C(=O)O)c1. The molecule has 0 aliphatic rings. The predicted molar refractivity (Wildman–Crippen MR) is 278 cm³/mol. The molecule has 74 heavy (non-hydrogen) atoms. The molecule has 0 spiro atoms. The van der Waals surface area contributed by atoms with Gasteiger partial charge in [0.2, 0.25) is 17.7 Å². The molecule has 4 atom stereocenters. The van der Waals surface area contributed by atoms with Crippen molar-refractivity contribution >= 4 is 35.5 Å². The summed E-state index contributed by atoms with van der Waals surface area (Å²) in [6, 6.07) is 39.2. The third kappa shape index (κ3) is 15.9. The number of benzene rings is 5. The summed E-state index contributed by atoms with van der Waals surface area (Å²) in [4.78, 5) is 78.0. The van der Waals surface area contributed by atoms with Crippen LogP contribution in [0.2, 0.25) is 0 Å². The molecule has 2 amide bonds. The summed E-state index contributed by atoms with van der Waals surface area (Å²) >= 11 is 0. The lowest BCUT2D eigenvalue weighted by Gasteiger charge is -2.37. The Labute approximate surface area is 430 Å². The zero-order valence-electron chi connectivity index (χ0n) is 40.4. The maximum absolute atomic E-state index is 13.5. The monoisotopic (exact) mass is 1010 g/mol. The Morgan fingerprint density at radius 2 is 0.946 bits per heavy atom. The van der Waals surface area contributed by atoms with Crippen molar-refractivity contribution in [3.8, 4) is 0 Å². The summed E-state index contributed by atoms with van der Waals surface area (Å²) in [5.74, 6) is -2.47. The fourth-order valence-corrected chi connectivity index (χ4v) is 7.19. The van der Waals surface area contributed by atoms with Gasteiger partial charge in [-0.1, -0.05) is 156 Å². The minimum absolute atomic E-state index is 0. The first-order chi connectivity index (χ1) is 34.5. The highest BCUT2D eigenvalue weighted by atomic mass is 16.5. The fraction of sp³-hybridized carbons (Fsp3) is 0.286. The number of nitrogens with two attached hydrogens (primary N) is 1. The molecule has 390 valence electrons. The van der Waals surface area contributed by atoms with E-state index in [2.05, 4.69) is 37.8 Å². The number of carboxylic acid groups (broad SMARTS) is 3. The van der Waals surface area contributed by atoms with Crippen molar-refractivity contribution in [1.29, 1.82) is 0 Å². The summed E-state index contributed by atoms with van der Waals surface area (Å²) in [6.45, 7) is 9.43. The van der Waals surface area contributed by atoms with Crippen LogP contribution in [0.1, 0.15) is 181 Å². The van der Waals surface area contributed by atoms with E-state index in [1.807, 2.05) is 112 Å². The second kappa shape index (κ2) is 28.4. The number of ketones is 1. The average Bonchev–Trinajstić information content (AvgIpc) is 4.11. The van der Waals surface area contributed by atoms with E-state index in [1.54, 1.807) is 0 Å². The molecule has 0 unspecified atom stereocenters. The second-order valence-corrected chi connectivity index (χ2v) is 16.8. The van der Waals surface area contributed by atoms with Crippen LogP contribution >= 0.6 is 0 Å². The van der Waals surface area contributed by atoms with Crippen LogP contribution in [0.5, 0.6) is 0 Å². The molecule has 18 heteroatoms. The van der Waals surface area contributed by atoms with Gasteiger partial charge in [-0.3, -0.25) is 14.4 Å². The predicted octanol–water partition coefficient (Wildman–Crippen LogP) is 10.2. The molecule has 2 aromatic heterocycles. The molecule has 7 aromatic rings. The first-order valence-corrected chi connectivity index (χ1v) is 23.1. The molecule has 7 rings (SSSR count). The number of Topliss-reactive ketones (excluding diaryl/α,β-unsaturated/α-hetero) is 1. The maximum atomic E-state index is 13.5. The van der Waals surface area contributed by atoms with Crippen molar-refractivity contribution in [2.24, 2.45) is 5.73 Å². The first kappa shape index (κ1) is 59.7. The summed E-state index contributed by atoms with van der Waals surface area (Å²) in [5, 5.41) is 40.0. The van der Waals surface area contributed by atoms with Crippen LogP contribution in [0.15, 0.2) is 149 Å². The van der Waals surface area contributed by atoms with E-state index < -0.39 is 41.4 Å². The molecule has 0 fully saturated rings. The maximum Gasteiger partial charge on any atom is 0.335 e. The van der Waals surface area contributed by atoms with Crippen LogP contribution in [-0.4, -0.2) is 71.1 Å². The molecule has 0 saturated heterocycles. The number of carbonyl (C=O) groups excluding carboxylic acids is 3. The minimum Gasteiger partial charge on any atom is -0.478 e. The zero-order valence-corrected chi connectivity index (χ0v) is 40.4. The number of rotatable bonds is 19. The zero-order chi connectivity index (χ0) is 52.4. The number of nitrogens with zero attached hydrogens (tertiary/aromatic N) is 4. The van der Waals surface area contributed by atoms with Gasteiger partial charge in [0, 0.05) is 23.8 Å².